The van der Waals surface area contributed by atoms with E-state index in [1.54, 1.807) is 25.1 Å². The van der Waals surface area contributed by atoms with Crippen LogP contribution >= 0.6 is 0 Å². The number of hydrogen-bond acceptors (Lipinski definition) is 6. The second kappa shape index (κ2) is 11.4. The molecule has 2 aromatic rings. The number of hydrogen-bond donors (Lipinski definition) is 1. The Bertz CT molecular complexity index is 1240. The van der Waals surface area contributed by atoms with Gasteiger partial charge in [-0.25, -0.2) is 8.42 Å². The smallest absolute Gasteiger partial charge is 0.244 e. The average Bonchev–Trinajstić information content (AvgIpc) is 2.84. The number of anilines is 1. The molecule has 1 atom stereocenters. The molecule has 0 aromatic heterocycles. The minimum atomic E-state index is -3.84. The second-order valence-corrected chi connectivity index (χ2v) is 12.3. The first-order valence-corrected chi connectivity index (χ1v) is 14.0. The number of nitrogens with one attached hydrogen (secondary N) is 1. The summed E-state index contributed by atoms with van der Waals surface area (Å²) in [6, 6.07) is 11.6. The highest BCUT2D eigenvalue weighted by Crippen LogP contribution is 2.35. The van der Waals surface area contributed by atoms with E-state index in [0.717, 1.165) is 15.4 Å². The van der Waals surface area contributed by atoms with Crippen LogP contribution in [0, 0.1) is 6.92 Å². The van der Waals surface area contributed by atoms with Crippen LogP contribution in [0.3, 0.4) is 0 Å². The largest absolute Gasteiger partial charge is 0.486 e. The molecule has 0 spiro atoms. The van der Waals surface area contributed by atoms with E-state index in [2.05, 4.69) is 5.32 Å². The van der Waals surface area contributed by atoms with Gasteiger partial charge in [0.25, 0.3) is 0 Å². The predicted octanol–water partition coefficient (Wildman–Crippen LogP) is 3.25. The van der Waals surface area contributed by atoms with Crippen LogP contribution in [0.1, 0.15) is 45.7 Å². The van der Waals surface area contributed by atoms with E-state index in [4.69, 9.17) is 9.47 Å². The second-order valence-electron chi connectivity index (χ2n) is 10.1. The van der Waals surface area contributed by atoms with Gasteiger partial charge in [-0.2, -0.15) is 0 Å². The quantitative estimate of drug-likeness (QED) is 0.533. The first-order valence-electron chi connectivity index (χ1n) is 12.4. The molecule has 0 unspecified atom stereocenters. The van der Waals surface area contributed by atoms with E-state index >= 15 is 0 Å². The third kappa shape index (κ3) is 7.15. The van der Waals surface area contributed by atoms with Crippen LogP contribution in [-0.4, -0.2) is 62.2 Å². The van der Waals surface area contributed by atoms with Crippen LogP contribution in [0.25, 0.3) is 0 Å². The van der Waals surface area contributed by atoms with Crippen molar-refractivity contribution in [3.63, 3.8) is 0 Å². The maximum Gasteiger partial charge on any atom is 0.244 e. The fraction of sp³-hybridized carbons (Fsp3) is 0.481. The van der Waals surface area contributed by atoms with Gasteiger partial charge in [-0.05, 0) is 64.8 Å². The van der Waals surface area contributed by atoms with Crippen LogP contribution in [0.15, 0.2) is 42.5 Å². The van der Waals surface area contributed by atoms with Gasteiger partial charge in [0.1, 0.15) is 25.8 Å². The number of ether oxygens (including phenoxy) is 2. The molecule has 1 aliphatic rings. The third-order valence-electron chi connectivity index (χ3n) is 6.06. The first-order chi connectivity index (χ1) is 17.3. The highest BCUT2D eigenvalue weighted by atomic mass is 32.2. The number of fused-ring (bicyclic) bond motifs is 1. The lowest BCUT2D eigenvalue weighted by Gasteiger charge is -2.34. The number of nitrogens with zero attached hydrogens (tertiary/aromatic N) is 2. The molecule has 0 radical (unpaired) electrons. The Morgan fingerprint density at radius 3 is 2.32 bits per heavy atom. The highest BCUT2D eigenvalue weighted by Gasteiger charge is 2.32. The molecular weight excluding hydrogens is 494 g/mol. The first kappa shape index (κ1) is 28.3. The van der Waals surface area contributed by atoms with Crippen molar-refractivity contribution < 1.29 is 27.5 Å². The summed E-state index contributed by atoms with van der Waals surface area (Å²) in [5.74, 6) is -0.0801. The summed E-state index contributed by atoms with van der Waals surface area (Å²) < 4.78 is 38.5. The molecule has 0 saturated carbocycles. The van der Waals surface area contributed by atoms with Gasteiger partial charge in [-0.3, -0.25) is 13.9 Å². The molecule has 1 aliphatic heterocycles. The zero-order valence-corrected chi connectivity index (χ0v) is 23.2. The van der Waals surface area contributed by atoms with Gasteiger partial charge in [0, 0.05) is 18.2 Å². The maximum atomic E-state index is 13.8. The summed E-state index contributed by atoms with van der Waals surface area (Å²) in [6.45, 7) is 11.1. The molecule has 2 amide bonds. The predicted molar refractivity (Wildman–Crippen MR) is 143 cm³/mol. The summed E-state index contributed by atoms with van der Waals surface area (Å²) in [6.07, 6.45) is 0. The number of benzene rings is 2. The summed E-state index contributed by atoms with van der Waals surface area (Å²) in [4.78, 5) is 28.3. The van der Waals surface area contributed by atoms with Gasteiger partial charge in [0.05, 0.1) is 11.4 Å². The van der Waals surface area contributed by atoms with Crippen molar-refractivity contribution in [2.24, 2.45) is 0 Å². The Balaban J connectivity index is 1.97. The van der Waals surface area contributed by atoms with Crippen molar-refractivity contribution in [2.45, 2.75) is 59.7 Å². The molecule has 10 heteroatoms. The van der Waals surface area contributed by atoms with E-state index in [1.165, 1.54) is 11.8 Å². The highest BCUT2D eigenvalue weighted by molar-refractivity contribution is 7.92. The minimum absolute atomic E-state index is 0.158. The monoisotopic (exact) mass is 531 g/mol. The Kier molecular flexibility index (Phi) is 8.73. The Morgan fingerprint density at radius 1 is 1.05 bits per heavy atom. The summed E-state index contributed by atoms with van der Waals surface area (Å²) >= 11 is 0. The lowest BCUT2D eigenvalue weighted by atomic mass is 10.1. The lowest BCUT2D eigenvalue weighted by molar-refractivity contribution is -0.140. The molecule has 1 N–H and O–H groups in total. The zero-order chi connectivity index (χ0) is 27.4. The van der Waals surface area contributed by atoms with Crippen molar-refractivity contribution in [3.8, 4) is 11.5 Å². The van der Waals surface area contributed by atoms with Crippen molar-refractivity contribution >= 4 is 27.5 Å². The number of carbonyl (C=O) groups excluding carboxylic acids is 2. The SMILES string of the molecule is CCS(=O)(=O)N(CC(=O)N(Cc1ccccc1C)[C@@H](C)C(=O)NC(C)(C)C)c1ccc2c(c1)OCCO2. The van der Waals surface area contributed by atoms with E-state index in [1.807, 2.05) is 52.0 Å². The minimum Gasteiger partial charge on any atom is -0.486 e. The number of rotatable bonds is 9. The summed E-state index contributed by atoms with van der Waals surface area (Å²) in [5, 5.41) is 2.92. The molecule has 2 aromatic carbocycles. The molecule has 0 aliphatic carbocycles. The van der Waals surface area contributed by atoms with Gasteiger partial charge >= 0.3 is 0 Å². The number of sulfonamides is 1. The zero-order valence-electron chi connectivity index (χ0n) is 22.4. The van der Waals surface area contributed by atoms with Gasteiger partial charge < -0.3 is 19.7 Å². The molecule has 3 rings (SSSR count). The number of amides is 2. The molecular formula is C27H37N3O6S. The standard InChI is InChI=1S/C27H37N3O6S/c1-7-37(33,34)30(22-12-13-23-24(16-22)36-15-14-35-23)18-25(31)29(17-21-11-9-8-10-19(21)2)20(3)26(32)28-27(4,5)6/h8-13,16,20H,7,14-15,17-18H2,1-6H3,(H,28,32)/t20-/m0/s1. The molecule has 0 fully saturated rings. The summed E-state index contributed by atoms with van der Waals surface area (Å²) in [7, 11) is -3.84. The van der Waals surface area contributed by atoms with Gasteiger partial charge in [0.15, 0.2) is 11.5 Å². The van der Waals surface area contributed by atoms with Gasteiger partial charge in [-0.1, -0.05) is 24.3 Å². The molecule has 0 bridgehead atoms. The van der Waals surface area contributed by atoms with Crippen LogP contribution < -0.4 is 19.1 Å². The molecule has 202 valence electrons. The number of carbonyl (C=O) groups is 2. The van der Waals surface area contributed by atoms with Crippen LogP contribution in [0.2, 0.25) is 0 Å². The van der Waals surface area contributed by atoms with E-state index < -0.39 is 34.1 Å². The Labute approximate surface area is 219 Å². The normalized spacial score (nSPS) is 14.0. The Morgan fingerprint density at radius 2 is 1.70 bits per heavy atom. The summed E-state index contributed by atoms with van der Waals surface area (Å²) in [5.41, 5.74) is 1.64. The van der Waals surface area contributed by atoms with Crippen molar-refractivity contribution in [1.29, 1.82) is 0 Å². The molecule has 9 nitrogen and oxygen atoms in total. The van der Waals surface area contributed by atoms with E-state index in [9.17, 15) is 18.0 Å². The lowest BCUT2D eigenvalue weighted by Crippen LogP contribution is -2.54. The maximum absolute atomic E-state index is 13.8. The number of aryl methyl sites for hydroxylation is 1. The Hall–Kier alpha value is -3.27. The molecule has 1 heterocycles. The van der Waals surface area contributed by atoms with Crippen LogP contribution in [0.4, 0.5) is 5.69 Å². The van der Waals surface area contributed by atoms with Crippen LogP contribution in [0.5, 0.6) is 11.5 Å². The van der Waals surface area contributed by atoms with E-state index in [-0.39, 0.29) is 18.2 Å². The fourth-order valence-electron chi connectivity index (χ4n) is 3.93. The van der Waals surface area contributed by atoms with Crippen molar-refractivity contribution in [1.82, 2.24) is 10.2 Å². The molecule has 0 saturated heterocycles. The van der Waals surface area contributed by atoms with Gasteiger partial charge in [-0.15, -0.1) is 0 Å². The topological polar surface area (TPSA) is 105 Å². The van der Waals surface area contributed by atoms with Crippen molar-refractivity contribution in [2.75, 3.05) is 29.8 Å². The van der Waals surface area contributed by atoms with Gasteiger partial charge in [0.2, 0.25) is 21.8 Å². The van der Waals surface area contributed by atoms with Crippen LogP contribution in [-0.2, 0) is 26.2 Å². The van der Waals surface area contributed by atoms with E-state index in [0.29, 0.717) is 30.4 Å². The van der Waals surface area contributed by atoms with Crippen molar-refractivity contribution in [3.05, 3.63) is 53.6 Å². The molecule has 37 heavy (non-hydrogen) atoms. The average molecular weight is 532 g/mol. The third-order valence-corrected chi connectivity index (χ3v) is 7.80. The fourth-order valence-corrected chi connectivity index (χ4v) is 4.99.